The summed E-state index contributed by atoms with van der Waals surface area (Å²) in [6, 6.07) is 14.3. The highest BCUT2D eigenvalue weighted by molar-refractivity contribution is 5.93. The molecule has 1 aromatic carbocycles. The van der Waals surface area contributed by atoms with Gasteiger partial charge in [-0.3, -0.25) is 0 Å². The Bertz CT molecular complexity index is 1320. The van der Waals surface area contributed by atoms with Crippen molar-refractivity contribution < 1.29 is 4.74 Å². The summed E-state index contributed by atoms with van der Waals surface area (Å²) in [5, 5.41) is 7.73. The summed E-state index contributed by atoms with van der Waals surface area (Å²) in [6.45, 7) is 7.59. The average molecular weight is 497 g/mol. The van der Waals surface area contributed by atoms with Crippen molar-refractivity contribution in [1.82, 2.24) is 24.8 Å². The Morgan fingerprint density at radius 2 is 1.73 bits per heavy atom. The van der Waals surface area contributed by atoms with Crippen LogP contribution in [-0.4, -0.2) is 77.3 Å². The van der Waals surface area contributed by atoms with Gasteiger partial charge >= 0.3 is 0 Å². The number of rotatable bonds is 8. The molecule has 2 saturated heterocycles. The molecule has 9 nitrogen and oxygen atoms in total. The van der Waals surface area contributed by atoms with Gasteiger partial charge in [0.25, 0.3) is 0 Å². The first kappa shape index (κ1) is 23.6. The average Bonchev–Trinajstić information content (AvgIpc) is 3.48. The molecule has 4 aromatic rings. The molecule has 9 heteroatoms. The van der Waals surface area contributed by atoms with E-state index >= 15 is 0 Å². The number of aromatic nitrogens is 4. The number of anilines is 4. The lowest BCUT2D eigenvalue weighted by Gasteiger charge is -2.27. The van der Waals surface area contributed by atoms with Crippen LogP contribution in [0.15, 0.2) is 61.1 Å². The minimum atomic E-state index is 0.536. The van der Waals surface area contributed by atoms with Crippen LogP contribution in [0.2, 0.25) is 0 Å². The molecule has 0 spiro atoms. The van der Waals surface area contributed by atoms with Crippen molar-refractivity contribution in [3.63, 3.8) is 0 Å². The molecule has 2 fully saturated rings. The summed E-state index contributed by atoms with van der Waals surface area (Å²) in [6.07, 6.45) is 8.22. The van der Waals surface area contributed by atoms with Crippen LogP contribution >= 0.6 is 0 Å². The molecule has 0 bridgehead atoms. The molecule has 37 heavy (non-hydrogen) atoms. The van der Waals surface area contributed by atoms with E-state index in [0.29, 0.717) is 5.95 Å². The zero-order valence-electron chi connectivity index (χ0n) is 20.9. The Morgan fingerprint density at radius 3 is 2.51 bits per heavy atom. The molecular formula is C28H32N8O. The summed E-state index contributed by atoms with van der Waals surface area (Å²) in [4.78, 5) is 23.4. The zero-order valence-corrected chi connectivity index (χ0v) is 20.9. The number of hydrogen-bond acceptors (Lipinski definition) is 9. The fourth-order valence-electron chi connectivity index (χ4n) is 4.92. The summed E-state index contributed by atoms with van der Waals surface area (Å²) in [5.41, 5.74) is 3.78. The normalized spacial score (nSPS) is 16.3. The molecule has 0 unspecified atom stereocenters. The molecule has 0 saturated carbocycles. The van der Waals surface area contributed by atoms with Crippen molar-refractivity contribution >= 4 is 34.2 Å². The highest BCUT2D eigenvalue weighted by Crippen LogP contribution is 2.28. The van der Waals surface area contributed by atoms with Crippen LogP contribution in [-0.2, 0) is 4.74 Å². The van der Waals surface area contributed by atoms with Gasteiger partial charge in [0.2, 0.25) is 5.95 Å². The lowest BCUT2D eigenvalue weighted by molar-refractivity contribution is 0.122. The Labute approximate surface area is 216 Å². The minimum absolute atomic E-state index is 0.536. The number of pyridine rings is 2. The Balaban J connectivity index is 1.16. The van der Waals surface area contributed by atoms with E-state index in [-0.39, 0.29) is 0 Å². The van der Waals surface area contributed by atoms with Crippen LogP contribution in [0.5, 0.6) is 0 Å². The van der Waals surface area contributed by atoms with Crippen molar-refractivity contribution in [2.75, 3.05) is 68.0 Å². The van der Waals surface area contributed by atoms with Gasteiger partial charge in [0.05, 0.1) is 30.6 Å². The van der Waals surface area contributed by atoms with Gasteiger partial charge in [0.15, 0.2) is 0 Å². The molecule has 0 atom stereocenters. The second-order valence-electron chi connectivity index (χ2n) is 9.47. The Morgan fingerprint density at radius 1 is 0.838 bits per heavy atom. The van der Waals surface area contributed by atoms with Crippen LogP contribution in [0.25, 0.3) is 22.0 Å². The zero-order chi connectivity index (χ0) is 24.9. The third-order valence-electron chi connectivity index (χ3n) is 6.96. The molecule has 0 amide bonds. The molecule has 5 heterocycles. The number of nitrogens with zero attached hydrogens (tertiary/aromatic N) is 6. The van der Waals surface area contributed by atoms with E-state index < -0.39 is 0 Å². The SMILES string of the molecule is c1cc(-c2ccc(NCCN3CCCC3)nc2)c2nc(Nc3ccc(N4CCOCC4)nc3)ncc2c1. The van der Waals surface area contributed by atoms with Gasteiger partial charge in [-0.2, -0.15) is 0 Å². The van der Waals surface area contributed by atoms with Gasteiger partial charge in [-0.05, 0) is 50.2 Å². The predicted molar refractivity (Wildman–Crippen MR) is 147 cm³/mol. The molecule has 0 radical (unpaired) electrons. The van der Waals surface area contributed by atoms with Gasteiger partial charge in [-0.1, -0.05) is 18.2 Å². The number of morpholine rings is 1. The summed E-state index contributed by atoms with van der Waals surface area (Å²) >= 11 is 0. The van der Waals surface area contributed by atoms with Gasteiger partial charge in [-0.15, -0.1) is 0 Å². The summed E-state index contributed by atoms with van der Waals surface area (Å²) < 4.78 is 5.43. The molecule has 2 N–H and O–H groups in total. The largest absolute Gasteiger partial charge is 0.378 e. The first-order valence-corrected chi connectivity index (χ1v) is 13.1. The minimum Gasteiger partial charge on any atom is -0.378 e. The molecule has 2 aliphatic heterocycles. The number of para-hydroxylation sites is 1. The van der Waals surface area contributed by atoms with Crippen molar-refractivity contribution in [2.45, 2.75) is 12.8 Å². The van der Waals surface area contributed by atoms with E-state index in [0.717, 1.165) is 78.7 Å². The van der Waals surface area contributed by atoms with E-state index in [2.05, 4.69) is 47.5 Å². The number of ether oxygens (including phenoxy) is 1. The molecule has 6 rings (SSSR count). The fraction of sp³-hybridized carbons (Fsp3) is 0.357. The van der Waals surface area contributed by atoms with Crippen molar-refractivity contribution in [3.05, 3.63) is 61.1 Å². The van der Waals surface area contributed by atoms with E-state index in [1.807, 2.05) is 48.9 Å². The smallest absolute Gasteiger partial charge is 0.227 e. The van der Waals surface area contributed by atoms with Crippen molar-refractivity contribution in [2.24, 2.45) is 0 Å². The van der Waals surface area contributed by atoms with Gasteiger partial charge in [0, 0.05) is 55.1 Å². The standard InChI is InChI=1S/C28H32N8O/c1-2-12-35(11-1)13-10-29-25-8-6-21(18-30-25)24-5-3-4-22-19-32-28(34-27(22)24)33-23-7-9-26(31-20-23)36-14-16-37-17-15-36/h3-9,18-20H,1-2,10-17H2,(H,29,30)(H,32,33,34). The fourth-order valence-corrected chi connectivity index (χ4v) is 4.92. The van der Waals surface area contributed by atoms with Crippen LogP contribution in [0, 0.1) is 0 Å². The van der Waals surface area contributed by atoms with E-state index in [1.165, 1.54) is 25.9 Å². The molecule has 190 valence electrons. The maximum absolute atomic E-state index is 5.43. The quantitative estimate of drug-likeness (QED) is 0.373. The third kappa shape index (κ3) is 5.63. The Kier molecular flexibility index (Phi) is 7.05. The molecular weight excluding hydrogens is 464 g/mol. The topological polar surface area (TPSA) is 91.3 Å². The lowest BCUT2D eigenvalue weighted by Crippen LogP contribution is -2.36. The summed E-state index contributed by atoms with van der Waals surface area (Å²) in [7, 11) is 0. The highest BCUT2D eigenvalue weighted by atomic mass is 16.5. The number of hydrogen-bond donors (Lipinski definition) is 2. The van der Waals surface area contributed by atoms with E-state index in [1.54, 1.807) is 0 Å². The maximum atomic E-state index is 5.43. The first-order valence-electron chi connectivity index (χ1n) is 13.1. The first-order chi connectivity index (χ1) is 18.3. The van der Waals surface area contributed by atoms with E-state index in [9.17, 15) is 0 Å². The van der Waals surface area contributed by atoms with Crippen LogP contribution in [0.1, 0.15) is 12.8 Å². The molecule has 3 aromatic heterocycles. The van der Waals surface area contributed by atoms with Gasteiger partial charge < -0.3 is 25.2 Å². The second-order valence-corrected chi connectivity index (χ2v) is 9.47. The lowest BCUT2D eigenvalue weighted by atomic mass is 10.0. The molecule has 2 aliphatic rings. The van der Waals surface area contributed by atoms with Crippen LogP contribution in [0.3, 0.4) is 0 Å². The van der Waals surface area contributed by atoms with Crippen molar-refractivity contribution in [1.29, 1.82) is 0 Å². The van der Waals surface area contributed by atoms with Crippen LogP contribution < -0.4 is 15.5 Å². The monoisotopic (exact) mass is 496 g/mol. The van der Waals surface area contributed by atoms with Gasteiger partial charge in [0.1, 0.15) is 11.6 Å². The Hall–Kier alpha value is -3.82. The predicted octanol–water partition coefficient (Wildman–Crippen LogP) is 4.17. The number of nitrogens with one attached hydrogen (secondary N) is 2. The second kappa shape index (κ2) is 11.1. The third-order valence-corrected chi connectivity index (χ3v) is 6.96. The van der Waals surface area contributed by atoms with Crippen molar-refractivity contribution in [3.8, 4) is 11.1 Å². The van der Waals surface area contributed by atoms with Crippen LogP contribution in [0.4, 0.5) is 23.3 Å². The number of likely N-dealkylation sites (tertiary alicyclic amines) is 1. The number of benzene rings is 1. The maximum Gasteiger partial charge on any atom is 0.227 e. The van der Waals surface area contributed by atoms with Gasteiger partial charge in [-0.25, -0.2) is 19.9 Å². The molecule has 0 aliphatic carbocycles. The van der Waals surface area contributed by atoms with E-state index in [4.69, 9.17) is 9.72 Å². The highest BCUT2D eigenvalue weighted by Gasteiger charge is 2.13. The number of fused-ring (bicyclic) bond motifs is 1. The summed E-state index contributed by atoms with van der Waals surface area (Å²) in [5.74, 6) is 2.39.